The Kier molecular flexibility index (Phi) is 6.01. The zero-order valence-corrected chi connectivity index (χ0v) is 21.7. The fourth-order valence-electron chi connectivity index (χ4n) is 4.92. The third kappa shape index (κ3) is 4.45. The molecule has 0 fully saturated rings. The number of aromatic nitrogens is 3. The van der Waals surface area contributed by atoms with Gasteiger partial charge in [-0.1, -0.05) is 12.1 Å². The first-order chi connectivity index (χ1) is 17.5. The molecular formula is C28H31N5O4. The standard InChI is InChI=1S/C28H31N5O4/c1-16(29)23(17(2)34)19-9-10-21-24-25(19)36-15-22(20-8-6-7-12-30-20)33(24)26(31-21)18-11-13-32(14-18)27(35)37-28(3,4)5/h6-12,22H,13-15,29H2,1-5H3/t22-/m1/s1. The van der Waals surface area contributed by atoms with Crippen LogP contribution in [0.25, 0.3) is 22.2 Å². The molecule has 2 N–H and O–H groups in total. The number of ether oxygens (including phenoxy) is 2. The summed E-state index contributed by atoms with van der Waals surface area (Å²) in [6, 6.07) is 9.24. The number of hydrogen-bond donors (Lipinski definition) is 1. The van der Waals surface area contributed by atoms with Crippen molar-refractivity contribution in [3.8, 4) is 5.75 Å². The number of allylic oxidation sites excluding steroid dienone is 2. The maximum atomic E-state index is 12.7. The number of imidazole rings is 1. The van der Waals surface area contributed by atoms with Crippen molar-refractivity contribution in [2.24, 2.45) is 5.73 Å². The highest BCUT2D eigenvalue weighted by Crippen LogP contribution is 2.43. The normalized spacial score (nSPS) is 17.8. The maximum Gasteiger partial charge on any atom is 0.410 e. The molecule has 2 aromatic heterocycles. The summed E-state index contributed by atoms with van der Waals surface area (Å²) in [7, 11) is 0. The minimum atomic E-state index is -0.580. The molecule has 9 heteroatoms. The monoisotopic (exact) mass is 501 g/mol. The Morgan fingerprint density at radius 3 is 2.59 bits per heavy atom. The van der Waals surface area contributed by atoms with Crippen LogP contribution >= 0.6 is 0 Å². The molecule has 1 aromatic carbocycles. The van der Waals surface area contributed by atoms with Crippen LogP contribution in [0.5, 0.6) is 5.75 Å². The second-order valence-electron chi connectivity index (χ2n) is 10.4. The summed E-state index contributed by atoms with van der Waals surface area (Å²) in [6.07, 6.45) is 3.39. The van der Waals surface area contributed by atoms with Gasteiger partial charge in [0.15, 0.2) is 11.5 Å². The molecule has 0 radical (unpaired) electrons. The number of Topliss-reactive ketones (excluding diaryl/α,β-unsaturated/α-hetero) is 1. The SMILES string of the molecule is CC(=O)C(=C(C)N)c1ccc2nc(C3=CCN(C(=O)OC(C)(C)C)C3)n3c2c1OC[C@@H]3c1ccccn1. The van der Waals surface area contributed by atoms with Crippen molar-refractivity contribution in [2.45, 2.75) is 46.3 Å². The Bertz CT molecular complexity index is 1460. The molecular weight excluding hydrogens is 470 g/mol. The van der Waals surface area contributed by atoms with E-state index in [-0.39, 0.29) is 17.9 Å². The van der Waals surface area contributed by atoms with Crippen LogP contribution < -0.4 is 10.5 Å². The van der Waals surface area contributed by atoms with Gasteiger partial charge >= 0.3 is 6.09 Å². The van der Waals surface area contributed by atoms with Crippen LogP contribution in [-0.2, 0) is 9.53 Å². The van der Waals surface area contributed by atoms with Crippen molar-refractivity contribution >= 4 is 34.1 Å². The fraction of sp³-hybridized carbons (Fsp3) is 0.357. The number of rotatable bonds is 4. The van der Waals surface area contributed by atoms with Gasteiger partial charge in [-0.3, -0.25) is 9.78 Å². The molecule has 0 saturated heterocycles. The molecule has 37 heavy (non-hydrogen) atoms. The lowest BCUT2D eigenvalue weighted by molar-refractivity contribution is -0.111. The number of pyridine rings is 1. The first-order valence-corrected chi connectivity index (χ1v) is 12.3. The van der Waals surface area contributed by atoms with Crippen molar-refractivity contribution in [3.63, 3.8) is 0 Å². The first kappa shape index (κ1) is 24.5. The molecule has 0 bridgehead atoms. The first-order valence-electron chi connectivity index (χ1n) is 12.3. The largest absolute Gasteiger partial charge is 0.488 e. The molecule has 1 amide bonds. The molecule has 4 heterocycles. The second-order valence-corrected chi connectivity index (χ2v) is 10.4. The number of hydrogen-bond acceptors (Lipinski definition) is 7. The lowest BCUT2D eigenvalue weighted by atomic mass is 9.98. The number of amides is 1. The Morgan fingerprint density at radius 1 is 1.16 bits per heavy atom. The lowest BCUT2D eigenvalue weighted by Crippen LogP contribution is -2.35. The predicted octanol–water partition coefficient (Wildman–Crippen LogP) is 4.33. The molecule has 1 atom stereocenters. The van der Waals surface area contributed by atoms with Crippen molar-refractivity contribution in [2.75, 3.05) is 19.7 Å². The predicted molar refractivity (Wildman–Crippen MR) is 141 cm³/mol. The van der Waals surface area contributed by atoms with Gasteiger partial charge in [-0.25, -0.2) is 9.78 Å². The van der Waals surface area contributed by atoms with Crippen molar-refractivity contribution in [3.05, 3.63) is 65.4 Å². The van der Waals surface area contributed by atoms with Gasteiger partial charge in [-0.05, 0) is 58.9 Å². The highest BCUT2D eigenvalue weighted by Gasteiger charge is 2.35. The molecule has 192 valence electrons. The van der Waals surface area contributed by atoms with Crippen LogP contribution in [0.15, 0.2) is 48.3 Å². The van der Waals surface area contributed by atoms with Crippen LogP contribution in [0, 0.1) is 0 Å². The summed E-state index contributed by atoms with van der Waals surface area (Å²) in [4.78, 5) is 36.5. The zero-order valence-electron chi connectivity index (χ0n) is 21.7. The van der Waals surface area contributed by atoms with E-state index in [1.807, 2.05) is 57.2 Å². The smallest absolute Gasteiger partial charge is 0.410 e. The van der Waals surface area contributed by atoms with E-state index in [1.54, 1.807) is 18.0 Å². The van der Waals surface area contributed by atoms with Crippen LogP contribution in [0.1, 0.15) is 57.7 Å². The van der Waals surface area contributed by atoms with Crippen LogP contribution in [0.3, 0.4) is 0 Å². The van der Waals surface area contributed by atoms with Gasteiger partial charge in [-0.15, -0.1) is 0 Å². The van der Waals surface area contributed by atoms with E-state index in [0.717, 1.165) is 28.1 Å². The minimum absolute atomic E-state index is 0.135. The van der Waals surface area contributed by atoms with E-state index in [2.05, 4.69) is 9.55 Å². The molecule has 3 aromatic rings. The number of carbonyl (C=O) groups excluding carboxylic acids is 2. The minimum Gasteiger partial charge on any atom is -0.488 e. The van der Waals surface area contributed by atoms with Gasteiger partial charge in [0.2, 0.25) is 0 Å². The molecule has 5 rings (SSSR count). The van der Waals surface area contributed by atoms with Crippen molar-refractivity contribution in [1.82, 2.24) is 19.4 Å². The van der Waals surface area contributed by atoms with E-state index < -0.39 is 5.60 Å². The summed E-state index contributed by atoms with van der Waals surface area (Å²) in [5.41, 5.74) is 10.3. The van der Waals surface area contributed by atoms with Gasteiger partial charge < -0.3 is 24.7 Å². The van der Waals surface area contributed by atoms with E-state index >= 15 is 0 Å². The lowest BCUT2D eigenvalue weighted by Gasteiger charge is -2.29. The van der Waals surface area contributed by atoms with Crippen LogP contribution in [0.2, 0.25) is 0 Å². The molecule has 2 aliphatic heterocycles. The summed E-state index contributed by atoms with van der Waals surface area (Å²) in [5, 5.41) is 0. The fourth-order valence-corrected chi connectivity index (χ4v) is 4.92. The molecule has 0 unspecified atom stereocenters. The topological polar surface area (TPSA) is 113 Å². The summed E-state index contributed by atoms with van der Waals surface area (Å²) in [6.45, 7) is 9.87. The van der Waals surface area contributed by atoms with Crippen LogP contribution in [0.4, 0.5) is 4.79 Å². The van der Waals surface area contributed by atoms with Gasteiger partial charge in [-0.2, -0.15) is 0 Å². The average Bonchev–Trinajstić information content (AvgIpc) is 3.46. The van der Waals surface area contributed by atoms with Crippen LogP contribution in [-0.4, -0.2) is 56.6 Å². The number of nitrogens with two attached hydrogens (primary N) is 1. The van der Waals surface area contributed by atoms with Gasteiger partial charge in [0, 0.05) is 35.1 Å². The van der Waals surface area contributed by atoms with Crippen molar-refractivity contribution in [1.29, 1.82) is 0 Å². The molecule has 0 saturated carbocycles. The number of carbonyl (C=O) groups is 2. The van der Waals surface area contributed by atoms with Crippen molar-refractivity contribution < 1.29 is 19.1 Å². The van der Waals surface area contributed by atoms with E-state index in [1.165, 1.54) is 6.92 Å². The van der Waals surface area contributed by atoms with E-state index in [4.69, 9.17) is 20.2 Å². The summed E-state index contributed by atoms with van der Waals surface area (Å²) < 4.78 is 14.0. The summed E-state index contributed by atoms with van der Waals surface area (Å²) >= 11 is 0. The Labute approximate surface area is 215 Å². The van der Waals surface area contributed by atoms with E-state index in [9.17, 15) is 9.59 Å². The summed E-state index contributed by atoms with van der Waals surface area (Å²) in [5.74, 6) is 1.17. The van der Waals surface area contributed by atoms with Gasteiger partial charge in [0.05, 0.1) is 17.8 Å². The van der Waals surface area contributed by atoms with E-state index in [0.29, 0.717) is 42.3 Å². The zero-order chi connectivity index (χ0) is 26.5. The number of benzene rings is 1. The Morgan fingerprint density at radius 2 is 1.95 bits per heavy atom. The third-order valence-electron chi connectivity index (χ3n) is 6.41. The Balaban J connectivity index is 1.65. The number of ketones is 1. The maximum absolute atomic E-state index is 12.7. The molecule has 0 aliphatic carbocycles. The quantitative estimate of drug-likeness (QED) is 0.530. The number of nitrogens with zero attached hydrogens (tertiary/aromatic N) is 4. The highest BCUT2D eigenvalue weighted by atomic mass is 16.6. The highest BCUT2D eigenvalue weighted by molar-refractivity contribution is 6.22. The second kappa shape index (κ2) is 9.06. The van der Waals surface area contributed by atoms with Gasteiger partial charge in [0.25, 0.3) is 0 Å². The van der Waals surface area contributed by atoms with Gasteiger partial charge in [0.1, 0.15) is 29.6 Å². The average molecular weight is 502 g/mol. The molecule has 0 spiro atoms. The Hall–Kier alpha value is -4.14. The molecule has 2 aliphatic rings. The third-order valence-corrected chi connectivity index (χ3v) is 6.41. The molecule has 9 nitrogen and oxygen atoms in total.